The van der Waals surface area contributed by atoms with Gasteiger partial charge < -0.3 is 11.1 Å². The van der Waals surface area contributed by atoms with Gasteiger partial charge in [-0.1, -0.05) is 19.8 Å². The Bertz CT molecular complexity index is 250. The Kier molecular flexibility index (Phi) is 8.65. The number of rotatable bonds is 7. The van der Waals surface area contributed by atoms with E-state index in [1.54, 1.807) is 6.92 Å². The van der Waals surface area contributed by atoms with Crippen molar-refractivity contribution in [3.8, 4) is 11.8 Å². The molecule has 0 heterocycles. The van der Waals surface area contributed by atoms with Crippen LogP contribution in [0.3, 0.4) is 0 Å². The monoisotopic (exact) mass is 224 g/mol. The van der Waals surface area contributed by atoms with E-state index >= 15 is 0 Å². The average molecular weight is 224 g/mol. The number of nitrogens with one attached hydrogen (secondary N) is 1. The first kappa shape index (κ1) is 15.0. The standard InChI is InChI=1S/C13H24N2O/c1-4-5-10-15-13(16)7-6-12(8-9-14)11(2)3/h11-12H,6-10,14H2,1-3H3,(H,15,16). The first-order valence-electron chi connectivity index (χ1n) is 5.98. The van der Waals surface area contributed by atoms with Gasteiger partial charge in [0.15, 0.2) is 0 Å². The van der Waals surface area contributed by atoms with Crippen LogP contribution in [0.1, 0.15) is 40.0 Å². The third-order valence-corrected chi connectivity index (χ3v) is 2.77. The van der Waals surface area contributed by atoms with Crippen LogP contribution in [0.4, 0.5) is 0 Å². The van der Waals surface area contributed by atoms with Crippen molar-refractivity contribution in [3.05, 3.63) is 0 Å². The first-order chi connectivity index (χ1) is 7.61. The number of carbonyl (C=O) groups excluding carboxylic acids is 1. The maximum Gasteiger partial charge on any atom is 0.220 e. The van der Waals surface area contributed by atoms with Gasteiger partial charge in [0.2, 0.25) is 5.91 Å². The zero-order valence-electron chi connectivity index (χ0n) is 10.7. The molecule has 1 unspecified atom stereocenters. The molecule has 0 bridgehead atoms. The maximum absolute atomic E-state index is 11.4. The summed E-state index contributed by atoms with van der Waals surface area (Å²) in [6.45, 7) is 7.29. The summed E-state index contributed by atoms with van der Waals surface area (Å²) in [5.41, 5.74) is 5.55. The van der Waals surface area contributed by atoms with Crippen molar-refractivity contribution >= 4 is 5.91 Å². The molecule has 0 spiro atoms. The normalized spacial score (nSPS) is 11.8. The smallest absolute Gasteiger partial charge is 0.220 e. The van der Waals surface area contributed by atoms with Crippen LogP contribution in [-0.2, 0) is 4.79 Å². The van der Waals surface area contributed by atoms with E-state index in [9.17, 15) is 4.79 Å². The highest BCUT2D eigenvalue weighted by Gasteiger charge is 2.13. The maximum atomic E-state index is 11.4. The molecule has 0 fully saturated rings. The third-order valence-electron chi connectivity index (χ3n) is 2.77. The Morgan fingerprint density at radius 1 is 1.38 bits per heavy atom. The largest absolute Gasteiger partial charge is 0.345 e. The topological polar surface area (TPSA) is 55.1 Å². The van der Waals surface area contributed by atoms with Gasteiger partial charge in [-0.3, -0.25) is 4.79 Å². The molecule has 3 N–H and O–H groups in total. The van der Waals surface area contributed by atoms with E-state index in [0.29, 0.717) is 31.3 Å². The van der Waals surface area contributed by atoms with Gasteiger partial charge in [0.1, 0.15) is 0 Å². The fourth-order valence-corrected chi connectivity index (χ4v) is 1.66. The molecule has 92 valence electrons. The van der Waals surface area contributed by atoms with Crippen LogP contribution in [-0.4, -0.2) is 19.0 Å². The van der Waals surface area contributed by atoms with Gasteiger partial charge in [0.25, 0.3) is 0 Å². The van der Waals surface area contributed by atoms with Crippen LogP contribution in [0.5, 0.6) is 0 Å². The number of carbonyl (C=O) groups is 1. The van der Waals surface area contributed by atoms with Gasteiger partial charge in [-0.15, -0.1) is 5.92 Å². The highest BCUT2D eigenvalue weighted by Crippen LogP contribution is 2.20. The molecular weight excluding hydrogens is 200 g/mol. The molecule has 3 heteroatoms. The Balaban J connectivity index is 3.80. The van der Waals surface area contributed by atoms with Crippen molar-refractivity contribution in [1.82, 2.24) is 5.32 Å². The molecule has 0 saturated carbocycles. The summed E-state index contributed by atoms with van der Waals surface area (Å²) in [7, 11) is 0. The summed E-state index contributed by atoms with van der Waals surface area (Å²) in [6.07, 6.45) is 2.49. The Morgan fingerprint density at radius 2 is 2.06 bits per heavy atom. The number of amides is 1. The fraction of sp³-hybridized carbons (Fsp3) is 0.769. The predicted molar refractivity (Wildman–Crippen MR) is 67.7 cm³/mol. The number of hydrogen-bond acceptors (Lipinski definition) is 2. The lowest BCUT2D eigenvalue weighted by Gasteiger charge is -2.19. The molecule has 16 heavy (non-hydrogen) atoms. The second kappa shape index (κ2) is 9.23. The van der Waals surface area contributed by atoms with Crippen LogP contribution in [0, 0.1) is 23.7 Å². The molecule has 0 aromatic carbocycles. The summed E-state index contributed by atoms with van der Waals surface area (Å²) in [5, 5.41) is 2.78. The van der Waals surface area contributed by atoms with Crippen molar-refractivity contribution in [3.63, 3.8) is 0 Å². The van der Waals surface area contributed by atoms with Gasteiger partial charge in [-0.25, -0.2) is 0 Å². The van der Waals surface area contributed by atoms with E-state index in [4.69, 9.17) is 5.73 Å². The lowest BCUT2D eigenvalue weighted by molar-refractivity contribution is -0.121. The average Bonchev–Trinajstić information content (AvgIpc) is 2.24. The SMILES string of the molecule is CC#CCNC(=O)CCC(CCN)C(C)C. The van der Waals surface area contributed by atoms with E-state index in [-0.39, 0.29) is 5.91 Å². The van der Waals surface area contributed by atoms with Crippen molar-refractivity contribution in [2.24, 2.45) is 17.6 Å². The van der Waals surface area contributed by atoms with Crippen molar-refractivity contribution < 1.29 is 4.79 Å². The Morgan fingerprint density at radius 3 is 2.56 bits per heavy atom. The molecule has 3 nitrogen and oxygen atoms in total. The quantitative estimate of drug-likeness (QED) is 0.644. The molecule has 1 atom stereocenters. The minimum absolute atomic E-state index is 0.0884. The van der Waals surface area contributed by atoms with Gasteiger partial charge in [-0.05, 0) is 38.1 Å². The lowest BCUT2D eigenvalue weighted by atomic mass is 9.88. The minimum Gasteiger partial charge on any atom is -0.345 e. The van der Waals surface area contributed by atoms with Crippen molar-refractivity contribution in [2.45, 2.75) is 40.0 Å². The predicted octanol–water partition coefficient (Wildman–Crippen LogP) is 1.53. The second-order valence-corrected chi connectivity index (χ2v) is 4.32. The van der Waals surface area contributed by atoms with Gasteiger partial charge in [0.05, 0.1) is 6.54 Å². The molecule has 0 aromatic heterocycles. The highest BCUT2D eigenvalue weighted by atomic mass is 16.1. The number of hydrogen-bond donors (Lipinski definition) is 2. The molecule has 0 aromatic rings. The molecule has 0 saturated heterocycles. The highest BCUT2D eigenvalue weighted by molar-refractivity contribution is 5.76. The lowest BCUT2D eigenvalue weighted by Crippen LogP contribution is -2.25. The molecule has 1 amide bonds. The summed E-state index contributed by atoms with van der Waals surface area (Å²) >= 11 is 0. The zero-order valence-corrected chi connectivity index (χ0v) is 10.7. The molecule has 0 aliphatic heterocycles. The van der Waals surface area contributed by atoms with Gasteiger partial charge in [-0.2, -0.15) is 0 Å². The van der Waals surface area contributed by atoms with E-state index < -0.39 is 0 Å². The molecule has 0 radical (unpaired) electrons. The van der Waals surface area contributed by atoms with Gasteiger partial charge in [0, 0.05) is 6.42 Å². The molecule has 0 aliphatic carbocycles. The minimum atomic E-state index is 0.0884. The van der Waals surface area contributed by atoms with E-state index in [0.717, 1.165) is 12.8 Å². The van der Waals surface area contributed by atoms with E-state index in [2.05, 4.69) is 31.0 Å². The summed E-state index contributed by atoms with van der Waals surface area (Å²) in [6, 6.07) is 0. The van der Waals surface area contributed by atoms with E-state index in [1.807, 2.05) is 0 Å². The summed E-state index contributed by atoms with van der Waals surface area (Å²) in [5.74, 6) is 6.79. The summed E-state index contributed by atoms with van der Waals surface area (Å²) in [4.78, 5) is 11.4. The summed E-state index contributed by atoms with van der Waals surface area (Å²) < 4.78 is 0. The van der Waals surface area contributed by atoms with Crippen LogP contribution >= 0.6 is 0 Å². The molecule has 0 aliphatic rings. The second-order valence-electron chi connectivity index (χ2n) is 4.32. The van der Waals surface area contributed by atoms with Crippen molar-refractivity contribution in [1.29, 1.82) is 0 Å². The molecular formula is C13H24N2O. The van der Waals surface area contributed by atoms with Gasteiger partial charge >= 0.3 is 0 Å². The van der Waals surface area contributed by atoms with Crippen LogP contribution in [0.25, 0.3) is 0 Å². The Labute approximate surface area is 99.2 Å². The van der Waals surface area contributed by atoms with E-state index in [1.165, 1.54) is 0 Å². The van der Waals surface area contributed by atoms with Crippen molar-refractivity contribution in [2.75, 3.05) is 13.1 Å². The zero-order chi connectivity index (χ0) is 12.4. The Hall–Kier alpha value is -1.01. The molecule has 0 rings (SSSR count). The third kappa shape index (κ3) is 7.30. The first-order valence-corrected chi connectivity index (χ1v) is 5.98. The fourth-order valence-electron chi connectivity index (χ4n) is 1.66. The number of nitrogens with two attached hydrogens (primary N) is 1. The van der Waals surface area contributed by atoms with Crippen LogP contribution in [0.15, 0.2) is 0 Å². The van der Waals surface area contributed by atoms with Crippen LogP contribution < -0.4 is 11.1 Å². The van der Waals surface area contributed by atoms with Crippen LogP contribution in [0.2, 0.25) is 0 Å².